The molecule has 130 valence electrons. The van der Waals surface area contributed by atoms with E-state index in [0.717, 1.165) is 24.0 Å². The number of carbonyl (C=O) groups excluding carboxylic acids is 2. The minimum absolute atomic E-state index is 0.00814. The van der Waals surface area contributed by atoms with Crippen molar-refractivity contribution in [1.82, 2.24) is 5.32 Å². The van der Waals surface area contributed by atoms with E-state index >= 15 is 0 Å². The number of hydrogen-bond donors (Lipinski definition) is 1. The first-order chi connectivity index (χ1) is 12.1. The number of fused-ring (bicyclic) bond motifs is 1. The van der Waals surface area contributed by atoms with Crippen LogP contribution in [0.4, 0.5) is 0 Å². The van der Waals surface area contributed by atoms with Crippen molar-refractivity contribution in [1.29, 1.82) is 0 Å². The second kappa shape index (κ2) is 7.83. The van der Waals surface area contributed by atoms with Gasteiger partial charge in [-0.05, 0) is 43.0 Å². The van der Waals surface area contributed by atoms with Crippen molar-refractivity contribution in [2.45, 2.75) is 25.8 Å². The Kier molecular flexibility index (Phi) is 5.33. The number of carbonyl (C=O) groups is 2. The molecule has 0 radical (unpaired) electrons. The summed E-state index contributed by atoms with van der Waals surface area (Å²) >= 11 is 0. The molecular weight excluding hydrogens is 318 g/mol. The summed E-state index contributed by atoms with van der Waals surface area (Å²) in [4.78, 5) is 23.7. The molecule has 0 bridgehead atoms. The highest BCUT2D eigenvalue weighted by atomic mass is 16.6. The third-order valence-electron chi connectivity index (χ3n) is 4.21. The average molecular weight is 339 g/mol. The van der Waals surface area contributed by atoms with Gasteiger partial charge in [0.05, 0.1) is 6.04 Å². The Balaban J connectivity index is 1.40. The van der Waals surface area contributed by atoms with Gasteiger partial charge in [-0.15, -0.1) is 0 Å². The third kappa shape index (κ3) is 4.59. The maximum Gasteiger partial charge on any atom is 0.344 e. The van der Waals surface area contributed by atoms with Crippen LogP contribution in [0.5, 0.6) is 5.75 Å². The smallest absolute Gasteiger partial charge is 0.344 e. The summed E-state index contributed by atoms with van der Waals surface area (Å²) in [6.07, 6.45) is 1.82. The van der Waals surface area contributed by atoms with Gasteiger partial charge in [0.25, 0.3) is 5.91 Å². The largest absolute Gasteiger partial charge is 0.482 e. The molecule has 1 amide bonds. The maximum atomic E-state index is 12.0. The van der Waals surface area contributed by atoms with Crippen LogP contribution in [-0.4, -0.2) is 25.1 Å². The topological polar surface area (TPSA) is 64.6 Å². The zero-order chi connectivity index (χ0) is 17.6. The third-order valence-corrected chi connectivity index (χ3v) is 4.21. The number of rotatable bonds is 6. The van der Waals surface area contributed by atoms with Gasteiger partial charge in [-0.3, -0.25) is 4.79 Å². The minimum Gasteiger partial charge on any atom is -0.482 e. The van der Waals surface area contributed by atoms with Gasteiger partial charge in [0.2, 0.25) is 0 Å². The van der Waals surface area contributed by atoms with Crippen LogP contribution in [0.15, 0.2) is 48.5 Å². The quantitative estimate of drug-likeness (QED) is 0.822. The summed E-state index contributed by atoms with van der Waals surface area (Å²) in [6.45, 7) is 1.46. The van der Waals surface area contributed by atoms with Gasteiger partial charge in [0.15, 0.2) is 13.2 Å². The van der Waals surface area contributed by atoms with Crippen molar-refractivity contribution >= 4 is 11.9 Å². The van der Waals surface area contributed by atoms with Crippen molar-refractivity contribution in [3.8, 4) is 5.75 Å². The Labute approximate surface area is 147 Å². The number of amides is 1. The van der Waals surface area contributed by atoms with E-state index in [0.29, 0.717) is 5.75 Å². The number of nitrogens with one attached hydrogen (secondary N) is 1. The molecule has 0 saturated carbocycles. The number of benzene rings is 2. The fraction of sp³-hybridized carbons (Fsp3) is 0.300. The lowest BCUT2D eigenvalue weighted by atomic mass is 10.1. The Bertz CT molecular complexity index is 755. The lowest BCUT2D eigenvalue weighted by Crippen LogP contribution is -2.32. The predicted octanol–water partition coefficient (Wildman–Crippen LogP) is 2.72. The monoisotopic (exact) mass is 339 g/mol. The van der Waals surface area contributed by atoms with Gasteiger partial charge >= 0.3 is 5.97 Å². The molecule has 2 aromatic carbocycles. The van der Waals surface area contributed by atoms with Crippen LogP contribution in [0.25, 0.3) is 0 Å². The van der Waals surface area contributed by atoms with Crippen molar-refractivity contribution in [3.63, 3.8) is 0 Å². The molecule has 2 aromatic rings. The van der Waals surface area contributed by atoms with E-state index in [4.69, 9.17) is 9.47 Å². The molecule has 5 heteroatoms. The first kappa shape index (κ1) is 17.0. The second-order valence-corrected chi connectivity index (χ2v) is 6.12. The summed E-state index contributed by atoms with van der Waals surface area (Å²) in [5, 5.41) is 2.91. The molecule has 1 aliphatic rings. The normalized spacial score (nSPS) is 15.3. The van der Waals surface area contributed by atoms with Crippen LogP contribution in [-0.2, 0) is 20.7 Å². The molecule has 25 heavy (non-hydrogen) atoms. The molecule has 3 rings (SSSR count). The zero-order valence-corrected chi connectivity index (χ0v) is 14.2. The van der Waals surface area contributed by atoms with E-state index < -0.39 is 5.97 Å². The molecule has 0 heterocycles. The van der Waals surface area contributed by atoms with Crippen LogP contribution in [0, 0.1) is 6.92 Å². The highest BCUT2D eigenvalue weighted by Crippen LogP contribution is 2.30. The van der Waals surface area contributed by atoms with Crippen LogP contribution < -0.4 is 10.1 Å². The van der Waals surface area contributed by atoms with Gasteiger partial charge < -0.3 is 14.8 Å². The fourth-order valence-corrected chi connectivity index (χ4v) is 2.91. The molecule has 5 nitrogen and oxygen atoms in total. The average Bonchev–Trinajstić information content (AvgIpc) is 3.02. The number of ether oxygens (including phenoxy) is 2. The Morgan fingerprint density at radius 2 is 1.84 bits per heavy atom. The highest BCUT2D eigenvalue weighted by Gasteiger charge is 2.23. The zero-order valence-electron chi connectivity index (χ0n) is 14.2. The van der Waals surface area contributed by atoms with Crippen LogP contribution in [0.3, 0.4) is 0 Å². The number of esters is 1. The molecule has 0 aromatic heterocycles. The van der Waals surface area contributed by atoms with E-state index in [1.54, 1.807) is 12.1 Å². The molecule has 0 spiro atoms. The first-order valence-corrected chi connectivity index (χ1v) is 8.34. The lowest BCUT2D eigenvalue weighted by molar-refractivity contribution is -0.150. The molecular formula is C20H21NO4. The van der Waals surface area contributed by atoms with Crippen LogP contribution in [0.1, 0.15) is 29.2 Å². The van der Waals surface area contributed by atoms with Gasteiger partial charge in [0.1, 0.15) is 5.75 Å². The SMILES string of the molecule is Cc1ccc(OCC(=O)OCC(=O)N[C@@H]2CCc3ccccc32)cc1. The van der Waals surface area contributed by atoms with Gasteiger partial charge in [-0.1, -0.05) is 42.0 Å². The van der Waals surface area contributed by atoms with Crippen LogP contribution >= 0.6 is 0 Å². The number of aryl methyl sites for hydroxylation is 2. The lowest BCUT2D eigenvalue weighted by Gasteiger charge is -2.14. The summed E-state index contributed by atoms with van der Waals surface area (Å²) in [7, 11) is 0. The van der Waals surface area contributed by atoms with Crippen molar-refractivity contribution < 1.29 is 19.1 Å². The standard InChI is InChI=1S/C20H21NO4/c1-14-6-9-16(10-7-14)24-13-20(23)25-12-19(22)21-18-11-8-15-4-2-3-5-17(15)18/h2-7,9-10,18H,8,11-13H2,1H3,(H,21,22)/t18-/m1/s1. The summed E-state index contributed by atoms with van der Waals surface area (Å²) in [6, 6.07) is 15.4. The van der Waals surface area contributed by atoms with Gasteiger partial charge in [-0.2, -0.15) is 0 Å². The van der Waals surface area contributed by atoms with E-state index in [2.05, 4.69) is 11.4 Å². The Hall–Kier alpha value is -2.82. The molecule has 1 N–H and O–H groups in total. The van der Waals surface area contributed by atoms with Crippen LogP contribution in [0.2, 0.25) is 0 Å². The Morgan fingerprint density at radius 3 is 2.64 bits per heavy atom. The Morgan fingerprint density at radius 1 is 1.08 bits per heavy atom. The van der Waals surface area contributed by atoms with Crippen molar-refractivity contribution in [2.24, 2.45) is 0 Å². The van der Waals surface area contributed by atoms with Crippen molar-refractivity contribution in [2.75, 3.05) is 13.2 Å². The van der Waals surface area contributed by atoms with E-state index in [9.17, 15) is 9.59 Å². The number of hydrogen-bond acceptors (Lipinski definition) is 4. The van der Waals surface area contributed by atoms with E-state index in [1.807, 2.05) is 37.3 Å². The first-order valence-electron chi connectivity index (χ1n) is 8.34. The molecule has 1 atom stereocenters. The summed E-state index contributed by atoms with van der Waals surface area (Å²) < 4.78 is 10.3. The molecule has 0 unspecified atom stereocenters. The maximum absolute atomic E-state index is 12.0. The summed E-state index contributed by atoms with van der Waals surface area (Å²) in [5.41, 5.74) is 3.52. The highest BCUT2D eigenvalue weighted by molar-refractivity contribution is 5.81. The van der Waals surface area contributed by atoms with Crippen molar-refractivity contribution in [3.05, 3.63) is 65.2 Å². The van der Waals surface area contributed by atoms with E-state index in [-0.39, 0.29) is 25.2 Å². The van der Waals surface area contributed by atoms with Gasteiger partial charge in [0, 0.05) is 0 Å². The molecule has 0 saturated heterocycles. The van der Waals surface area contributed by atoms with Gasteiger partial charge in [-0.25, -0.2) is 4.79 Å². The predicted molar refractivity (Wildman–Crippen MR) is 93.3 cm³/mol. The molecule has 0 aliphatic heterocycles. The summed E-state index contributed by atoms with van der Waals surface area (Å²) in [5.74, 6) is -0.275. The molecule has 0 fully saturated rings. The minimum atomic E-state index is -0.567. The fourth-order valence-electron chi connectivity index (χ4n) is 2.91. The van der Waals surface area contributed by atoms with E-state index in [1.165, 1.54) is 5.56 Å². The molecule has 1 aliphatic carbocycles. The second-order valence-electron chi connectivity index (χ2n) is 6.12.